The highest BCUT2D eigenvalue weighted by Gasteiger charge is 2.37. The molecular weight excluding hydrogens is 490 g/mol. The van der Waals surface area contributed by atoms with Crippen molar-refractivity contribution in [2.75, 3.05) is 18.0 Å². The molecule has 0 bridgehead atoms. The largest absolute Gasteiger partial charge is 0.437 e. The maximum Gasteiger partial charge on any atom is 0.344 e. The van der Waals surface area contributed by atoms with Crippen molar-refractivity contribution in [3.8, 4) is 23.0 Å². The molecule has 0 saturated carbocycles. The highest BCUT2D eigenvalue weighted by molar-refractivity contribution is 5.87. The molecule has 0 amide bonds. The van der Waals surface area contributed by atoms with Gasteiger partial charge in [-0.3, -0.25) is 0 Å². The van der Waals surface area contributed by atoms with E-state index in [1.165, 1.54) is 0 Å². The Labute approximate surface area is 224 Å². The third-order valence-corrected chi connectivity index (χ3v) is 7.35. The van der Waals surface area contributed by atoms with E-state index in [-0.39, 0.29) is 0 Å². The minimum absolute atomic E-state index is 0.399. The lowest BCUT2D eigenvalue weighted by molar-refractivity contribution is 0.422. The highest BCUT2D eigenvalue weighted by atomic mass is 16.5. The van der Waals surface area contributed by atoms with Crippen molar-refractivity contribution in [3.63, 3.8) is 0 Å². The number of hydrogen-bond acceptors (Lipinski definition) is 7. The van der Waals surface area contributed by atoms with Gasteiger partial charge in [-0.1, -0.05) is 54.6 Å². The zero-order valence-corrected chi connectivity index (χ0v) is 21.5. The monoisotopic (exact) mass is 515 g/mol. The smallest absolute Gasteiger partial charge is 0.344 e. The maximum absolute atomic E-state index is 13.6. The van der Waals surface area contributed by atoms with E-state index in [4.69, 9.17) is 14.1 Å². The van der Waals surface area contributed by atoms with Crippen LogP contribution in [0.3, 0.4) is 0 Å². The standard InChI is InChI=1S/C31H25N5O3/c1-3-35(4-2)21-16-14-19(15-17-21)24-25-27(22-12-8-9-13-23(22)38-31(25)37)39-30-26(24)29-33-28(34-36(29)18-32-30)20-10-6-5-7-11-20/h5-18,24H,3-4H2,1-2H3. The van der Waals surface area contributed by atoms with Crippen LogP contribution >= 0.6 is 0 Å². The highest BCUT2D eigenvalue weighted by Crippen LogP contribution is 2.49. The molecule has 0 radical (unpaired) electrons. The van der Waals surface area contributed by atoms with Crippen molar-refractivity contribution in [2.24, 2.45) is 0 Å². The molecule has 6 aromatic rings. The van der Waals surface area contributed by atoms with E-state index in [0.29, 0.717) is 39.8 Å². The lowest BCUT2D eigenvalue weighted by atomic mass is 9.84. The number of ether oxygens (including phenoxy) is 1. The third kappa shape index (κ3) is 3.67. The van der Waals surface area contributed by atoms with Crippen molar-refractivity contribution in [3.05, 3.63) is 112 Å². The molecule has 39 heavy (non-hydrogen) atoms. The van der Waals surface area contributed by atoms with Crippen molar-refractivity contribution in [2.45, 2.75) is 19.8 Å². The molecule has 7 rings (SSSR count). The predicted molar refractivity (Wildman–Crippen MR) is 150 cm³/mol. The van der Waals surface area contributed by atoms with E-state index in [2.05, 4.69) is 53.1 Å². The van der Waals surface area contributed by atoms with Gasteiger partial charge < -0.3 is 14.1 Å². The first-order valence-corrected chi connectivity index (χ1v) is 13.1. The zero-order chi connectivity index (χ0) is 26.5. The van der Waals surface area contributed by atoms with Crippen LogP contribution in [-0.2, 0) is 0 Å². The summed E-state index contributed by atoms with van der Waals surface area (Å²) in [5.74, 6) is 0.916. The summed E-state index contributed by atoms with van der Waals surface area (Å²) < 4.78 is 13.8. The topological polar surface area (TPSA) is 85.8 Å². The Bertz CT molecular complexity index is 1890. The number of aromatic nitrogens is 4. The summed E-state index contributed by atoms with van der Waals surface area (Å²) in [5, 5.41) is 5.40. The van der Waals surface area contributed by atoms with Crippen molar-refractivity contribution in [1.82, 2.24) is 19.6 Å². The molecule has 1 aliphatic rings. The van der Waals surface area contributed by atoms with Crippen LogP contribution in [-0.4, -0.2) is 32.7 Å². The summed E-state index contributed by atoms with van der Waals surface area (Å²) in [4.78, 5) is 25.4. The molecule has 0 saturated heterocycles. The Morgan fingerprint density at radius 2 is 1.64 bits per heavy atom. The predicted octanol–water partition coefficient (Wildman–Crippen LogP) is 6.03. The van der Waals surface area contributed by atoms with Crippen molar-refractivity contribution >= 4 is 22.3 Å². The van der Waals surface area contributed by atoms with E-state index < -0.39 is 11.5 Å². The van der Waals surface area contributed by atoms with Crippen LogP contribution in [0.25, 0.3) is 28.0 Å². The lowest BCUT2D eigenvalue weighted by Crippen LogP contribution is -2.23. The summed E-state index contributed by atoms with van der Waals surface area (Å²) in [6.45, 7) is 6.08. The van der Waals surface area contributed by atoms with Gasteiger partial charge in [-0.25, -0.2) is 19.3 Å². The average Bonchev–Trinajstić information content (AvgIpc) is 3.43. The fourth-order valence-electron chi connectivity index (χ4n) is 5.44. The molecule has 1 unspecified atom stereocenters. The van der Waals surface area contributed by atoms with Gasteiger partial charge in [-0.05, 0) is 43.7 Å². The third-order valence-electron chi connectivity index (χ3n) is 7.35. The quantitative estimate of drug-likeness (QED) is 0.259. The average molecular weight is 516 g/mol. The molecule has 4 heterocycles. The SMILES string of the molecule is CCN(CC)c1ccc(C2c3c(c4ccccc4oc3=O)Oc3ncn4nc(-c5ccccc5)nc4c32)cc1. The normalized spacial score (nSPS) is 14.2. The van der Waals surface area contributed by atoms with Gasteiger partial charge in [0.15, 0.2) is 17.2 Å². The van der Waals surface area contributed by atoms with E-state index in [0.717, 1.165) is 35.3 Å². The molecule has 1 atom stereocenters. The van der Waals surface area contributed by atoms with E-state index in [1.807, 2.05) is 48.5 Å². The van der Waals surface area contributed by atoms with Crippen LogP contribution in [0, 0.1) is 0 Å². The Morgan fingerprint density at radius 3 is 2.41 bits per heavy atom. The number of fused-ring (bicyclic) bond motifs is 6. The van der Waals surface area contributed by atoms with E-state index in [1.54, 1.807) is 16.9 Å². The second-order valence-corrected chi connectivity index (χ2v) is 9.46. The molecule has 8 heteroatoms. The van der Waals surface area contributed by atoms with Gasteiger partial charge in [-0.15, -0.1) is 5.10 Å². The second-order valence-electron chi connectivity index (χ2n) is 9.46. The molecule has 0 fully saturated rings. The van der Waals surface area contributed by atoms with Gasteiger partial charge in [0.25, 0.3) is 0 Å². The number of para-hydroxylation sites is 1. The number of nitrogens with zero attached hydrogens (tertiary/aromatic N) is 5. The number of hydrogen-bond donors (Lipinski definition) is 0. The second kappa shape index (κ2) is 9.09. The Kier molecular flexibility index (Phi) is 5.40. The van der Waals surface area contributed by atoms with Gasteiger partial charge in [0.2, 0.25) is 5.88 Å². The molecule has 0 aliphatic carbocycles. The molecule has 0 N–H and O–H groups in total. The molecule has 3 aromatic carbocycles. The molecular formula is C31H25N5O3. The minimum Gasteiger partial charge on any atom is -0.437 e. The summed E-state index contributed by atoms with van der Waals surface area (Å²) in [5.41, 5.74) is 4.62. The van der Waals surface area contributed by atoms with Crippen molar-refractivity contribution in [1.29, 1.82) is 0 Å². The summed E-state index contributed by atoms with van der Waals surface area (Å²) in [7, 11) is 0. The Hall–Kier alpha value is -4.98. The first-order chi connectivity index (χ1) is 19.2. The first-order valence-electron chi connectivity index (χ1n) is 13.1. The Morgan fingerprint density at radius 1 is 0.897 bits per heavy atom. The van der Waals surface area contributed by atoms with E-state index >= 15 is 0 Å². The summed E-state index contributed by atoms with van der Waals surface area (Å²) >= 11 is 0. The molecule has 3 aromatic heterocycles. The molecule has 1 aliphatic heterocycles. The minimum atomic E-state index is -0.514. The van der Waals surface area contributed by atoms with Gasteiger partial charge in [0.05, 0.1) is 22.4 Å². The van der Waals surface area contributed by atoms with Gasteiger partial charge in [0.1, 0.15) is 11.9 Å². The summed E-state index contributed by atoms with van der Waals surface area (Å²) in [6.07, 6.45) is 1.60. The van der Waals surface area contributed by atoms with Gasteiger partial charge in [0, 0.05) is 24.3 Å². The zero-order valence-electron chi connectivity index (χ0n) is 21.5. The number of benzene rings is 3. The fraction of sp³-hybridized carbons (Fsp3) is 0.161. The maximum atomic E-state index is 13.6. The first kappa shape index (κ1) is 23.2. The van der Waals surface area contributed by atoms with Crippen LogP contribution in [0.1, 0.15) is 36.5 Å². The van der Waals surface area contributed by atoms with Crippen molar-refractivity contribution < 1.29 is 9.15 Å². The number of rotatable bonds is 5. The molecule has 8 nitrogen and oxygen atoms in total. The van der Waals surface area contributed by atoms with Crippen LogP contribution in [0.2, 0.25) is 0 Å². The molecule has 192 valence electrons. The summed E-state index contributed by atoms with van der Waals surface area (Å²) in [6, 6.07) is 25.5. The van der Waals surface area contributed by atoms with Crippen LogP contribution in [0.5, 0.6) is 11.6 Å². The lowest BCUT2D eigenvalue weighted by Gasteiger charge is -2.28. The Balaban J connectivity index is 1.50. The van der Waals surface area contributed by atoms with Gasteiger partial charge >= 0.3 is 5.63 Å². The van der Waals surface area contributed by atoms with Crippen LogP contribution < -0.4 is 15.3 Å². The fourth-order valence-corrected chi connectivity index (χ4v) is 5.44. The van der Waals surface area contributed by atoms with Crippen LogP contribution in [0.4, 0.5) is 5.69 Å². The van der Waals surface area contributed by atoms with E-state index in [9.17, 15) is 4.79 Å². The molecule has 0 spiro atoms. The van der Waals surface area contributed by atoms with Gasteiger partial charge in [-0.2, -0.15) is 0 Å². The van der Waals surface area contributed by atoms with Crippen LogP contribution in [0.15, 0.2) is 94.4 Å². The number of anilines is 1.